The number of thiazole rings is 1. The number of anilines is 1. The Morgan fingerprint density at radius 2 is 1.88 bits per heavy atom. The van der Waals surface area contributed by atoms with Crippen molar-refractivity contribution in [3.8, 4) is 11.7 Å². The highest BCUT2D eigenvalue weighted by atomic mass is 32.1. The van der Waals surface area contributed by atoms with Gasteiger partial charge in [-0.05, 0) is 25.1 Å². The minimum Gasteiger partial charge on any atom is -0.486 e. The summed E-state index contributed by atoms with van der Waals surface area (Å²) in [6, 6.07) is 11.5. The Balaban J connectivity index is 1.43. The molecule has 3 heterocycles. The minimum absolute atomic E-state index is 0.146. The number of ether oxygens (including phenoxy) is 1. The zero-order valence-corrected chi connectivity index (χ0v) is 19.9. The Morgan fingerprint density at radius 1 is 1.15 bits per heavy atom. The quantitative estimate of drug-likeness (QED) is 0.435. The van der Waals surface area contributed by atoms with E-state index in [1.807, 2.05) is 42.6 Å². The average molecular weight is 463 g/mol. The molecule has 0 saturated heterocycles. The lowest BCUT2D eigenvalue weighted by Gasteiger charge is -2.13. The largest absolute Gasteiger partial charge is 0.486 e. The molecule has 0 aliphatic carbocycles. The van der Waals surface area contributed by atoms with Crippen molar-refractivity contribution in [2.24, 2.45) is 0 Å². The lowest BCUT2D eigenvalue weighted by Crippen LogP contribution is -2.18. The Bertz CT molecular complexity index is 1230. The van der Waals surface area contributed by atoms with Gasteiger partial charge in [0.25, 0.3) is 5.95 Å². The standard InChI is InChI=1S/C24H26N6O2S/c1-16-6-8-18(9-7-16)32-14-22-27-17(15-33-22)12-21(31)28-20-13-19(24(2,3)4)29-30(20)23-25-10-5-11-26-23/h5-11,13,15H,12,14H2,1-4H3,(H,28,31). The number of rotatable bonds is 7. The number of hydrogen-bond acceptors (Lipinski definition) is 7. The number of aryl methyl sites for hydroxylation is 1. The molecule has 0 spiro atoms. The first-order valence-corrected chi connectivity index (χ1v) is 11.5. The van der Waals surface area contributed by atoms with E-state index in [1.165, 1.54) is 16.9 Å². The van der Waals surface area contributed by atoms with Gasteiger partial charge in [-0.15, -0.1) is 11.3 Å². The van der Waals surface area contributed by atoms with E-state index in [-0.39, 0.29) is 17.7 Å². The molecule has 1 amide bonds. The smallest absolute Gasteiger partial charge is 0.252 e. The summed E-state index contributed by atoms with van der Waals surface area (Å²) >= 11 is 1.47. The maximum absolute atomic E-state index is 12.8. The number of benzene rings is 1. The summed E-state index contributed by atoms with van der Waals surface area (Å²) in [5.41, 5.74) is 2.51. The Labute approximate surface area is 196 Å². The number of carbonyl (C=O) groups excluding carboxylic acids is 1. The fourth-order valence-electron chi connectivity index (χ4n) is 3.02. The summed E-state index contributed by atoms with van der Waals surface area (Å²) in [6.07, 6.45) is 3.43. The fraction of sp³-hybridized carbons (Fsp3) is 0.292. The molecule has 1 N–H and O–H groups in total. The lowest BCUT2D eigenvalue weighted by atomic mass is 9.92. The third kappa shape index (κ3) is 5.81. The van der Waals surface area contributed by atoms with Crippen LogP contribution in [0, 0.1) is 6.92 Å². The number of nitrogens with one attached hydrogen (secondary N) is 1. The molecule has 9 heteroatoms. The van der Waals surface area contributed by atoms with Crippen molar-refractivity contribution < 1.29 is 9.53 Å². The molecule has 0 bridgehead atoms. The van der Waals surface area contributed by atoms with Gasteiger partial charge >= 0.3 is 0 Å². The molecule has 0 fully saturated rings. The second kappa shape index (κ2) is 9.50. The monoisotopic (exact) mass is 462 g/mol. The van der Waals surface area contributed by atoms with E-state index in [0.29, 0.717) is 24.1 Å². The first-order chi connectivity index (χ1) is 15.8. The van der Waals surface area contributed by atoms with Crippen molar-refractivity contribution in [1.29, 1.82) is 0 Å². The molecule has 0 aliphatic heterocycles. The van der Waals surface area contributed by atoms with Gasteiger partial charge in [-0.3, -0.25) is 4.79 Å². The van der Waals surface area contributed by atoms with E-state index >= 15 is 0 Å². The van der Waals surface area contributed by atoms with Crippen molar-refractivity contribution in [1.82, 2.24) is 24.7 Å². The van der Waals surface area contributed by atoms with Gasteiger partial charge in [-0.2, -0.15) is 9.78 Å². The highest BCUT2D eigenvalue weighted by Crippen LogP contribution is 2.25. The molecule has 0 atom stereocenters. The van der Waals surface area contributed by atoms with E-state index in [0.717, 1.165) is 16.5 Å². The molecule has 1 aromatic carbocycles. The highest BCUT2D eigenvalue weighted by Gasteiger charge is 2.22. The first kappa shape index (κ1) is 22.6. The number of carbonyl (C=O) groups is 1. The summed E-state index contributed by atoms with van der Waals surface area (Å²) in [4.78, 5) is 25.8. The molecular weight excluding hydrogens is 436 g/mol. The van der Waals surface area contributed by atoms with Gasteiger partial charge in [0.05, 0.1) is 17.8 Å². The molecular formula is C24H26N6O2S. The highest BCUT2D eigenvalue weighted by molar-refractivity contribution is 7.09. The fourth-order valence-corrected chi connectivity index (χ4v) is 3.72. The topological polar surface area (TPSA) is 94.8 Å². The second-order valence-corrected chi connectivity index (χ2v) is 9.63. The third-order valence-corrected chi connectivity index (χ3v) is 5.68. The van der Waals surface area contributed by atoms with Crippen LogP contribution in [0.1, 0.15) is 42.7 Å². The second-order valence-electron chi connectivity index (χ2n) is 8.68. The Morgan fingerprint density at radius 3 is 2.58 bits per heavy atom. The van der Waals surface area contributed by atoms with Crippen LogP contribution in [-0.4, -0.2) is 30.6 Å². The van der Waals surface area contributed by atoms with E-state index in [2.05, 4.69) is 46.1 Å². The van der Waals surface area contributed by atoms with Gasteiger partial charge in [0.2, 0.25) is 5.91 Å². The van der Waals surface area contributed by atoms with Crippen LogP contribution in [0.15, 0.2) is 54.2 Å². The average Bonchev–Trinajstić information content (AvgIpc) is 3.41. The maximum Gasteiger partial charge on any atom is 0.252 e. The predicted molar refractivity (Wildman–Crippen MR) is 128 cm³/mol. The number of aromatic nitrogens is 5. The van der Waals surface area contributed by atoms with E-state index in [9.17, 15) is 4.79 Å². The predicted octanol–water partition coefficient (Wildman–Crippen LogP) is 4.48. The maximum atomic E-state index is 12.8. The van der Waals surface area contributed by atoms with Crippen LogP contribution in [0.25, 0.3) is 5.95 Å². The summed E-state index contributed by atoms with van der Waals surface area (Å²) in [5, 5.41) is 10.3. The van der Waals surface area contributed by atoms with Gasteiger partial charge < -0.3 is 10.1 Å². The van der Waals surface area contributed by atoms with Crippen LogP contribution in [0.3, 0.4) is 0 Å². The third-order valence-electron chi connectivity index (χ3n) is 4.81. The summed E-state index contributed by atoms with van der Waals surface area (Å²) in [5.74, 6) is 1.52. The summed E-state index contributed by atoms with van der Waals surface area (Å²) in [7, 11) is 0. The molecule has 4 rings (SSSR count). The molecule has 0 saturated carbocycles. The number of hydrogen-bond donors (Lipinski definition) is 1. The van der Waals surface area contributed by atoms with E-state index in [4.69, 9.17) is 4.74 Å². The van der Waals surface area contributed by atoms with Crippen LogP contribution in [0.5, 0.6) is 5.75 Å². The van der Waals surface area contributed by atoms with E-state index in [1.54, 1.807) is 23.1 Å². The van der Waals surface area contributed by atoms with Gasteiger partial charge in [0, 0.05) is 29.3 Å². The summed E-state index contributed by atoms with van der Waals surface area (Å²) < 4.78 is 7.34. The number of nitrogens with zero attached hydrogens (tertiary/aromatic N) is 5. The van der Waals surface area contributed by atoms with Crippen LogP contribution >= 0.6 is 11.3 Å². The van der Waals surface area contributed by atoms with Crippen molar-refractivity contribution in [3.05, 3.63) is 76.1 Å². The van der Waals surface area contributed by atoms with Gasteiger partial charge in [0.15, 0.2) is 0 Å². The van der Waals surface area contributed by atoms with Gasteiger partial charge in [0.1, 0.15) is 23.2 Å². The SMILES string of the molecule is Cc1ccc(OCc2nc(CC(=O)Nc3cc(C(C)(C)C)nn3-c3ncccn3)cs2)cc1. The molecule has 4 aromatic rings. The van der Waals surface area contributed by atoms with Crippen LogP contribution in [-0.2, 0) is 23.2 Å². The van der Waals surface area contributed by atoms with E-state index < -0.39 is 0 Å². The number of amides is 1. The lowest BCUT2D eigenvalue weighted by molar-refractivity contribution is -0.115. The Hall–Kier alpha value is -3.59. The van der Waals surface area contributed by atoms with Crippen LogP contribution in [0.2, 0.25) is 0 Å². The van der Waals surface area contributed by atoms with Gasteiger partial charge in [-0.25, -0.2) is 15.0 Å². The van der Waals surface area contributed by atoms with Crippen LogP contribution < -0.4 is 10.1 Å². The van der Waals surface area contributed by atoms with Crippen LogP contribution in [0.4, 0.5) is 5.82 Å². The minimum atomic E-state index is -0.194. The zero-order chi connectivity index (χ0) is 23.4. The normalized spacial score (nSPS) is 11.4. The molecule has 8 nitrogen and oxygen atoms in total. The molecule has 3 aromatic heterocycles. The van der Waals surface area contributed by atoms with Crippen molar-refractivity contribution >= 4 is 23.1 Å². The molecule has 33 heavy (non-hydrogen) atoms. The molecule has 0 aliphatic rings. The van der Waals surface area contributed by atoms with Crippen molar-refractivity contribution in [2.75, 3.05) is 5.32 Å². The summed E-state index contributed by atoms with van der Waals surface area (Å²) in [6.45, 7) is 8.58. The van der Waals surface area contributed by atoms with Crippen molar-refractivity contribution in [3.63, 3.8) is 0 Å². The zero-order valence-electron chi connectivity index (χ0n) is 19.1. The molecule has 170 valence electrons. The molecule has 0 radical (unpaired) electrons. The molecule has 0 unspecified atom stereocenters. The van der Waals surface area contributed by atoms with Gasteiger partial charge in [-0.1, -0.05) is 38.5 Å². The first-order valence-electron chi connectivity index (χ1n) is 10.6. The Kier molecular flexibility index (Phi) is 6.50. The van der Waals surface area contributed by atoms with Crippen molar-refractivity contribution in [2.45, 2.75) is 46.1 Å².